The molecule has 2 bridgehead atoms. The summed E-state index contributed by atoms with van der Waals surface area (Å²) in [6.07, 6.45) is 1.65. The van der Waals surface area contributed by atoms with Crippen LogP contribution in [-0.4, -0.2) is 36.7 Å². The van der Waals surface area contributed by atoms with Crippen LogP contribution >= 0.6 is 11.6 Å². The largest absolute Gasteiger partial charge is 0.442 e. The van der Waals surface area contributed by atoms with Crippen molar-refractivity contribution in [3.8, 4) is 0 Å². The fraction of sp³-hybridized carbons (Fsp3) is 0.562. The molecule has 1 aromatic rings. The van der Waals surface area contributed by atoms with E-state index in [-0.39, 0.29) is 18.2 Å². The van der Waals surface area contributed by atoms with Crippen LogP contribution in [0, 0.1) is 5.92 Å². The zero-order valence-electron chi connectivity index (χ0n) is 12.2. The van der Waals surface area contributed by atoms with Gasteiger partial charge in [0.25, 0.3) is 0 Å². The van der Waals surface area contributed by atoms with E-state index in [1.54, 1.807) is 0 Å². The van der Waals surface area contributed by atoms with Crippen molar-refractivity contribution in [3.05, 3.63) is 34.9 Å². The SMILES string of the molecule is C[C@@H](OC(=O)N[C@H]1CN2CCC1CC2)c1ccccc1Cl. The topological polar surface area (TPSA) is 41.6 Å². The van der Waals surface area contributed by atoms with Crippen LogP contribution in [0.15, 0.2) is 24.3 Å². The Kier molecular flexibility index (Phi) is 4.36. The molecule has 21 heavy (non-hydrogen) atoms. The molecule has 3 fully saturated rings. The van der Waals surface area contributed by atoms with Gasteiger partial charge in [0.2, 0.25) is 0 Å². The number of ether oxygens (including phenoxy) is 1. The predicted octanol–water partition coefficient (Wildman–Crippen LogP) is 3.22. The predicted molar refractivity (Wildman–Crippen MR) is 82.4 cm³/mol. The highest BCUT2D eigenvalue weighted by atomic mass is 35.5. The monoisotopic (exact) mass is 308 g/mol. The quantitative estimate of drug-likeness (QED) is 0.932. The van der Waals surface area contributed by atoms with Crippen LogP contribution in [0.2, 0.25) is 5.02 Å². The number of amides is 1. The van der Waals surface area contributed by atoms with Crippen LogP contribution < -0.4 is 5.32 Å². The average Bonchev–Trinajstić information content (AvgIpc) is 2.48. The molecule has 2 atom stereocenters. The molecule has 3 saturated heterocycles. The minimum absolute atomic E-state index is 0.221. The van der Waals surface area contributed by atoms with E-state index in [4.69, 9.17) is 16.3 Å². The van der Waals surface area contributed by atoms with Gasteiger partial charge in [-0.3, -0.25) is 0 Å². The van der Waals surface area contributed by atoms with E-state index in [1.807, 2.05) is 31.2 Å². The van der Waals surface area contributed by atoms with Crippen molar-refractivity contribution in [2.24, 2.45) is 5.92 Å². The number of carbonyl (C=O) groups excluding carboxylic acids is 1. The molecule has 0 aromatic heterocycles. The van der Waals surface area contributed by atoms with Crippen LogP contribution in [0.5, 0.6) is 0 Å². The summed E-state index contributed by atoms with van der Waals surface area (Å²) in [6.45, 7) is 5.11. The van der Waals surface area contributed by atoms with Crippen LogP contribution in [0.1, 0.15) is 31.4 Å². The number of carbonyl (C=O) groups is 1. The zero-order chi connectivity index (χ0) is 14.8. The highest BCUT2D eigenvalue weighted by Crippen LogP contribution is 2.28. The van der Waals surface area contributed by atoms with Gasteiger partial charge < -0.3 is 15.0 Å². The Balaban J connectivity index is 1.56. The van der Waals surface area contributed by atoms with Crippen LogP contribution in [-0.2, 0) is 4.74 Å². The lowest BCUT2D eigenvalue weighted by Gasteiger charge is -2.44. The Morgan fingerprint density at radius 3 is 2.71 bits per heavy atom. The number of rotatable bonds is 3. The van der Waals surface area contributed by atoms with Gasteiger partial charge in [0.15, 0.2) is 0 Å². The molecule has 5 heteroatoms. The molecular weight excluding hydrogens is 288 g/mol. The Morgan fingerprint density at radius 1 is 1.38 bits per heavy atom. The zero-order valence-corrected chi connectivity index (χ0v) is 13.0. The van der Waals surface area contributed by atoms with E-state index in [9.17, 15) is 4.79 Å². The molecule has 0 aliphatic carbocycles. The molecule has 3 aliphatic rings. The molecule has 0 saturated carbocycles. The number of hydrogen-bond acceptors (Lipinski definition) is 3. The number of nitrogens with one attached hydrogen (secondary N) is 1. The molecule has 4 rings (SSSR count). The van der Waals surface area contributed by atoms with Crippen molar-refractivity contribution in [1.29, 1.82) is 0 Å². The maximum atomic E-state index is 12.1. The fourth-order valence-electron chi connectivity index (χ4n) is 3.34. The highest BCUT2D eigenvalue weighted by molar-refractivity contribution is 6.31. The summed E-state index contributed by atoms with van der Waals surface area (Å²) in [6, 6.07) is 7.67. The third-order valence-corrected chi connectivity index (χ3v) is 4.93. The van der Waals surface area contributed by atoms with Gasteiger partial charge in [-0.05, 0) is 44.8 Å². The van der Waals surface area contributed by atoms with Crippen molar-refractivity contribution in [3.63, 3.8) is 0 Å². The van der Waals surface area contributed by atoms with Gasteiger partial charge in [-0.25, -0.2) is 4.79 Å². The lowest BCUT2D eigenvalue weighted by molar-refractivity contribution is 0.0568. The summed E-state index contributed by atoms with van der Waals surface area (Å²) >= 11 is 6.13. The Hall–Kier alpha value is -1.26. The summed E-state index contributed by atoms with van der Waals surface area (Å²) in [7, 11) is 0. The third-order valence-electron chi connectivity index (χ3n) is 4.59. The summed E-state index contributed by atoms with van der Waals surface area (Å²) < 4.78 is 5.47. The molecule has 0 radical (unpaired) electrons. The average molecular weight is 309 g/mol. The lowest BCUT2D eigenvalue weighted by atomic mass is 9.84. The normalized spacial score (nSPS) is 29.0. The molecule has 3 heterocycles. The van der Waals surface area contributed by atoms with Crippen LogP contribution in [0.4, 0.5) is 4.79 Å². The molecule has 0 unspecified atom stereocenters. The highest BCUT2D eigenvalue weighted by Gasteiger charge is 2.35. The number of alkyl carbamates (subject to hydrolysis) is 1. The van der Waals surface area contributed by atoms with Crippen molar-refractivity contribution < 1.29 is 9.53 Å². The molecule has 1 amide bonds. The summed E-state index contributed by atoms with van der Waals surface area (Å²) in [5, 5.41) is 3.65. The summed E-state index contributed by atoms with van der Waals surface area (Å²) in [5.74, 6) is 0.596. The van der Waals surface area contributed by atoms with E-state index in [0.717, 1.165) is 25.2 Å². The summed E-state index contributed by atoms with van der Waals surface area (Å²) in [5.41, 5.74) is 0.836. The molecular formula is C16H21ClN2O2. The fourth-order valence-corrected chi connectivity index (χ4v) is 3.63. The van der Waals surface area contributed by atoms with Gasteiger partial charge in [-0.1, -0.05) is 29.8 Å². The first kappa shape index (κ1) is 14.7. The number of piperidine rings is 3. The summed E-state index contributed by atoms with van der Waals surface area (Å²) in [4.78, 5) is 14.5. The minimum atomic E-state index is -0.347. The molecule has 1 aromatic carbocycles. The first-order valence-corrected chi connectivity index (χ1v) is 7.95. The lowest BCUT2D eigenvalue weighted by Crippen LogP contribution is -2.57. The van der Waals surface area contributed by atoms with Gasteiger partial charge in [0.05, 0.1) is 0 Å². The first-order chi connectivity index (χ1) is 10.1. The standard InChI is InChI=1S/C16H21ClN2O2/c1-11(13-4-2-3-5-14(13)17)21-16(20)18-15-10-19-8-6-12(15)7-9-19/h2-5,11-12,15H,6-10H2,1H3,(H,18,20)/t11-,15+/m1/s1. The van der Waals surface area contributed by atoms with Gasteiger partial charge >= 0.3 is 6.09 Å². The van der Waals surface area contributed by atoms with E-state index in [0.29, 0.717) is 10.9 Å². The minimum Gasteiger partial charge on any atom is -0.442 e. The van der Waals surface area contributed by atoms with Crippen molar-refractivity contribution in [2.45, 2.75) is 31.9 Å². The number of fused-ring (bicyclic) bond motifs is 3. The number of hydrogen-bond donors (Lipinski definition) is 1. The molecule has 4 nitrogen and oxygen atoms in total. The molecule has 1 N–H and O–H groups in total. The Morgan fingerprint density at radius 2 is 2.10 bits per heavy atom. The smallest absolute Gasteiger partial charge is 0.408 e. The van der Waals surface area contributed by atoms with Crippen molar-refractivity contribution in [1.82, 2.24) is 10.2 Å². The van der Waals surface area contributed by atoms with Crippen molar-refractivity contribution >= 4 is 17.7 Å². The van der Waals surface area contributed by atoms with E-state index in [2.05, 4.69) is 10.2 Å². The second kappa shape index (κ2) is 6.24. The number of nitrogens with zero attached hydrogens (tertiary/aromatic N) is 1. The second-order valence-corrected chi connectivity index (χ2v) is 6.37. The first-order valence-electron chi connectivity index (χ1n) is 7.57. The van der Waals surface area contributed by atoms with Gasteiger partial charge in [-0.15, -0.1) is 0 Å². The van der Waals surface area contributed by atoms with Crippen LogP contribution in [0.25, 0.3) is 0 Å². The number of halogens is 1. The van der Waals surface area contributed by atoms with Gasteiger partial charge in [0, 0.05) is 23.2 Å². The number of benzene rings is 1. The van der Waals surface area contributed by atoms with E-state index in [1.165, 1.54) is 12.8 Å². The molecule has 3 aliphatic heterocycles. The van der Waals surface area contributed by atoms with E-state index < -0.39 is 0 Å². The molecule has 0 spiro atoms. The van der Waals surface area contributed by atoms with Crippen LogP contribution in [0.3, 0.4) is 0 Å². The third kappa shape index (κ3) is 3.33. The maximum absolute atomic E-state index is 12.1. The van der Waals surface area contributed by atoms with E-state index >= 15 is 0 Å². The molecule has 114 valence electrons. The Labute approximate surface area is 130 Å². The van der Waals surface area contributed by atoms with Gasteiger partial charge in [-0.2, -0.15) is 0 Å². The van der Waals surface area contributed by atoms with Crippen molar-refractivity contribution in [2.75, 3.05) is 19.6 Å². The van der Waals surface area contributed by atoms with Gasteiger partial charge in [0.1, 0.15) is 6.10 Å². The maximum Gasteiger partial charge on any atom is 0.408 e. The second-order valence-electron chi connectivity index (χ2n) is 5.96. The Bertz CT molecular complexity index is 515.